The third-order valence-corrected chi connectivity index (χ3v) is 3.43. The predicted octanol–water partition coefficient (Wildman–Crippen LogP) is -0.578. The van der Waals surface area contributed by atoms with Crippen LogP contribution in [0.1, 0.15) is 26.7 Å². The molecule has 0 aromatic carbocycles. The van der Waals surface area contributed by atoms with E-state index in [1.165, 1.54) is 4.90 Å². The normalized spacial score (nSPS) is 20.0. The zero-order valence-electron chi connectivity index (χ0n) is 12.2. The first-order chi connectivity index (χ1) is 9.38. The van der Waals surface area contributed by atoms with Crippen molar-refractivity contribution in [3.8, 4) is 0 Å². The van der Waals surface area contributed by atoms with Gasteiger partial charge >= 0.3 is 5.97 Å². The van der Waals surface area contributed by atoms with Crippen LogP contribution in [0.25, 0.3) is 0 Å². The molecular formula is C13H23N3O4. The number of nitrogens with zero attached hydrogens (tertiary/aromatic N) is 1. The molecule has 1 aliphatic rings. The van der Waals surface area contributed by atoms with Gasteiger partial charge in [0.25, 0.3) is 0 Å². The number of amides is 2. The number of carbonyl (C=O) groups excluding carboxylic acids is 2. The Morgan fingerprint density at radius 1 is 1.35 bits per heavy atom. The maximum atomic E-state index is 12.2. The lowest BCUT2D eigenvalue weighted by Crippen LogP contribution is -2.53. The van der Waals surface area contributed by atoms with Gasteiger partial charge in [0, 0.05) is 6.54 Å². The van der Waals surface area contributed by atoms with Crippen LogP contribution in [-0.2, 0) is 14.4 Å². The number of nitrogens with one attached hydrogen (secondary N) is 2. The Labute approximate surface area is 118 Å². The summed E-state index contributed by atoms with van der Waals surface area (Å²) in [5, 5.41) is 14.4. The van der Waals surface area contributed by atoms with Gasteiger partial charge in [-0.1, -0.05) is 13.8 Å². The molecule has 0 unspecified atom stereocenters. The van der Waals surface area contributed by atoms with E-state index in [1.54, 1.807) is 20.9 Å². The minimum absolute atomic E-state index is 0.137. The third kappa shape index (κ3) is 3.93. The number of likely N-dealkylation sites (tertiary alicyclic amines) is 1. The highest BCUT2D eigenvalue weighted by Crippen LogP contribution is 2.18. The van der Waals surface area contributed by atoms with Crippen LogP contribution >= 0.6 is 0 Å². The van der Waals surface area contributed by atoms with Crippen molar-refractivity contribution in [2.75, 3.05) is 20.1 Å². The lowest BCUT2D eigenvalue weighted by atomic mass is 10.0. The summed E-state index contributed by atoms with van der Waals surface area (Å²) in [7, 11) is 1.67. The van der Waals surface area contributed by atoms with Gasteiger partial charge in [0.1, 0.15) is 12.1 Å². The van der Waals surface area contributed by atoms with Gasteiger partial charge in [0.05, 0.1) is 6.54 Å². The number of hydrogen-bond donors (Lipinski definition) is 3. The van der Waals surface area contributed by atoms with Crippen molar-refractivity contribution in [3.63, 3.8) is 0 Å². The highest BCUT2D eigenvalue weighted by atomic mass is 16.4. The van der Waals surface area contributed by atoms with Crippen molar-refractivity contribution in [1.29, 1.82) is 0 Å². The molecule has 20 heavy (non-hydrogen) atoms. The maximum absolute atomic E-state index is 12.2. The largest absolute Gasteiger partial charge is 0.480 e. The molecule has 0 radical (unpaired) electrons. The summed E-state index contributed by atoms with van der Waals surface area (Å²) >= 11 is 0. The van der Waals surface area contributed by atoms with E-state index in [2.05, 4.69) is 10.6 Å². The van der Waals surface area contributed by atoms with Crippen molar-refractivity contribution < 1.29 is 19.5 Å². The summed E-state index contributed by atoms with van der Waals surface area (Å²) in [6, 6.07) is -1.49. The van der Waals surface area contributed by atoms with Gasteiger partial charge in [0.15, 0.2) is 0 Å². The van der Waals surface area contributed by atoms with E-state index < -0.39 is 18.1 Å². The van der Waals surface area contributed by atoms with Gasteiger partial charge in [-0.05, 0) is 25.8 Å². The zero-order valence-corrected chi connectivity index (χ0v) is 12.2. The van der Waals surface area contributed by atoms with Gasteiger partial charge in [-0.15, -0.1) is 0 Å². The molecule has 0 bridgehead atoms. The minimum Gasteiger partial charge on any atom is -0.480 e. The highest BCUT2D eigenvalue weighted by Gasteiger charge is 2.35. The fourth-order valence-electron chi connectivity index (χ4n) is 2.35. The summed E-state index contributed by atoms with van der Waals surface area (Å²) in [6.45, 7) is 4.18. The fourth-order valence-corrected chi connectivity index (χ4v) is 2.35. The standard InChI is InChI=1S/C13H23N3O4/c1-8(2)11(13(19)20)15-12(18)9-5-4-6-16(9)10(17)7-14-3/h8-9,11,14H,4-7H2,1-3H3,(H,15,18)(H,19,20)/t9-,11-/m0/s1. The molecule has 1 heterocycles. The lowest BCUT2D eigenvalue weighted by molar-refractivity contribution is -0.144. The Morgan fingerprint density at radius 3 is 2.50 bits per heavy atom. The second kappa shape index (κ2) is 7.23. The quantitative estimate of drug-likeness (QED) is 0.606. The van der Waals surface area contributed by atoms with E-state index in [0.29, 0.717) is 13.0 Å². The van der Waals surface area contributed by atoms with Gasteiger partial charge in [-0.25, -0.2) is 4.79 Å². The maximum Gasteiger partial charge on any atom is 0.326 e. The van der Waals surface area contributed by atoms with Crippen molar-refractivity contribution in [2.45, 2.75) is 38.8 Å². The summed E-state index contributed by atoms with van der Waals surface area (Å²) < 4.78 is 0. The molecule has 0 aromatic heterocycles. The molecule has 1 saturated heterocycles. The number of aliphatic carboxylic acids is 1. The van der Waals surface area contributed by atoms with E-state index in [9.17, 15) is 14.4 Å². The number of carboxylic acid groups (broad SMARTS) is 1. The molecule has 3 N–H and O–H groups in total. The monoisotopic (exact) mass is 285 g/mol. The molecule has 2 amide bonds. The van der Waals surface area contributed by atoms with Crippen molar-refractivity contribution in [1.82, 2.24) is 15.5 Å². The molecule has 1 fully saturated rings. The Morgan fingerprint density at radius 2 is 2.00 bits per heavy atom. The molecule has 7 nitrogen and oxygen atoms in total. The molecule has 1 aliphatic heterocycles. The third-order valence-electron chi connectivity index (χ3n) is 3.43. The van der Waals surface area contributed by atoms with Crippen molar-refractivity contribution >= 4 is 17.8 Å². The Kier molecular flexibility index (Phi) is 5.94. The van der Waals surface area contributed by atoms with Crippen LogP contribution in [0.5, 0.6) is 0 Å². The fraction of sp³-hybridized carbons (Fsp3) is 0.769. The highest BCUT2D eigenvalue weighted by molar-refractivity contribution is 5.91. The molecule has 0 saturated carbocycles. The Hall–Kier alpha value is -1.63. The van der Waals surface area contributed by atoms with Crippen LogP contribution in [0.15, 0.2) is 0 Å². The minimum atomic E-state index is -1.06. The van der Waals surface area contributed by atoms with Crippen molar-refractivity contribution in [3.05, 3.63) is 0 Å². The van der Waals surface area contributed by atoms with Gasteiger partial charge in [-0.2, -0.15) is 0 Å². The SMILES string of the molecule is CNCC(=O)N1CCC[C@H]1C(=O)N[C@H](C(=O)O)C(C)C. The summed E-state index contributed by atoms with van der Waals surface area (Å²) in [6.07, 6.45) is 1.33. The van der Waals surface area contributed by atoms with E-state index >= 15 is 0 Å². The molecule has 0 aliphatic carbocycles. The number of carbonyl (C=O) groups is 3. The van der Waals surface area contributed by atoms with E-state index in [1.807, 2.05) is 0 Å². The van der Waals surface area contributed by atoms with E-state index in [4.69, 9.17) is 5.11 Å². The van der Waals surface area contributed by atoms with Gasteiger partial charge in [0.2, 0.25) is 11.8 Å². The molecule has 0 spiro atoms. The smallest absolute Gasteiger partial charge is 0.326 e. The molecular weight excluding hydrogens is 262 g/mol. The lowest BCUT2D eigenvalue weighted by Gasteiger charge is -2.26. The number of hydrogen-bond acceptors (Lipinski definition) is 4. The zero-order chi connectivity index (χ0) is 15.3. The van der Waals surface area contributed by atoms with Crippen LogP contribution in [0.4, 0.5) is 0 Å². The van der Waals surface area contributed by atoms with Crippen LogP contribution in [-0.4, -0.2) is 60.0 Å². The molecule has 7 heteroatoms. The van der Waals surface area contributed by atoms with Crippen LogP contribution in [0.2, 0.25) is 0 Å². The molecule has 114 valence electrons. The van der Waals surface area contributed by atoms with Gasteiger partial charge in [-0.3, -0.25) is 9.59 Å². The second-order valence-electron chi connectivity index (χ2n) is 5.34. The van der Waals surface area contributed by atoms with Crippen LogP contribution in [0.3, 0.4) is 0 Å². The topological polar surface area (TPSA) is 98.7 Å². The molecule has 0 aromatic rings. The first-order valence-electron chi connectivity index (χ1n) is 6.85. The molecule has 1 rings (SSSR count). The van der Waals surface area contributed by atoms with Crippen molar-refractivity contribution in [2.24, 2.45) is 5.92 Å². The summed E-state index contributed by atoms with van der Waals surface area (Å²) in [5.74, 6) is -1.78. The second-order valence-corrected chi connectivity index (χ2v) is 5.34. The van der Waals surface area contributed by atoms with Crippen LogP contribution < -0.4 is 10.6 Å². The molecule has 2 atom stereocenters. The van der Waals surface area contributed by atoms with Crippen LogP contribution in [0, 0.1) is 5.92 Å². The predicted molar refractivity (Wildman–Crippen MR) is 73.1 cm³/mol. The van der Waals surface area contributed by atoms with Gasteiger partial charge < -0.3 is 20.6 Å². The average molecular weight is 285 g/mol. The summed E-state index contributed by atoms with van der Waals surface area (Å²) in [4.78, 5) is 36.7. The van der Waals surface area contributed by atoms with E-state index in [-0.39, 0.29) is 24.3 Å². The number of rotatable bonds is 6. The number of carboxylic acids is 1. The average Bonchev–Trinajstić information content (AvgIpc) is 2.84. The first kappa shape index (κ1) is 16.4. The summed E-state index contributed by atoms with van der Waals surface area (Å²) in [5.41, 5.74) is 0. The number of likely N-dealkylation sites (N-methyl/N-ethyl adjacent to an activating group) is 1. The Balaban J connectivity index is 2.70. The Bertz CT molecular complexity index is 384. The first-order valence-corrected chi connectivity index (χ1v) is 6.85. The van der Waals surface area contributed by atoms with E-state index in [0.717, 1.165) is 6.42 Å².